The molecule has 2 amide bonds. The summed E-state index contributed by atoms with van der Waals surface area (Å²) in [4.78, 5) is 29.2. The summed E-state index contributed by atoms with van der Waals surface area (Å²) >= 11 is 1.63. The number of nitrogens with zero attached hydrogens (tertiary/aromatic N) is 5. The van der Waals surface area contributed by atoms with Gasteiger partial charge in [0, 0.05) is 25.4 Å². The lowest BCUT2D eigenvalue weighted by Crippen LogP contribution is -2.49. The van der Waals surface area contributed by atoms with Gasteiger partial charge in [0.25, 0.3) is 5.91 Å². The van der Waals surface area contributed by atoms with E-state index < -0.39 is 0 Å². The number of thioether (sulfide) groups is 1. The van der Waals surface area contributed by atoms with Crippen molar-refractivity contribution in [3.8, 4) is 0 Å². The zero-order valence-corrected chi connectivity index (χ0v) is 15.2. The molecule has 3 rings (SSSR count). The quantitative estimate of drug-likeness (QED) is 0.820. The van der Waals surface area contributed by atoms with Gasteiger partial charge in [-0.3, -0.25) is 9.59 Å². The van der Waals surface area contributed by atoms with E-state index in [-0.39, 0.29) is 17.9 Å². The molecule has 2 aliphatic rings. The van der Waals surface area contributed by atoms with Gasteiger partial charge in [-0.25, -0.2) is 4.68 Å². The molecule has 1 aromatic rings. The van der Waals surface area contributed by atoms with E-state index in [2.05, 4.69) is 10.3 Å². The van der Waals surface area contributed by atoms with Gasteiger partial charge in [0.15, 0.2) is 5.69 Å². The highest BCUT2D eigenvalue weighted by atomic mass is 32.2. The highest BCUT2D eigenvalue weighted by Gasteiger charge is 2.38. The lowest BCUT2D eigenvalue weighted by molar-refractivity contribution is -0.134. The maximum absolute atomic E-state index is 13.0. The number of aromatic nitrogens is 3. The van der Waals surface area contributed by atoms with Crippen LogP contribution in [0.15, 0.2) is 0 Å². The summed E-state index contributed by atoms with van der Waals surface area (Å²) < 4.78 is 1.87. The van der Waals surface area contributed by atoms with Gasteiger partial charge in [-0.15, -0.1) is 16.9 Å². The molecule has 0 N–H and O–H groups in total. The molecule has 132 valence electrons. The molecular weight excluding hydrogens is 326 g/mol. The van der Waals surface area contributed by atoms with E-state index in [1.807, 2.05) is 18.5 Å². The number of aryl methyl sites for hydroxylation is 1. The largest absolute Gasteiger partial charge is 0.341 e. The predicted octanol–water partition coefficient (Wildman–Crippen LogP) is 1.39. The molecule has 0 saturated carbocycles. The second-order valence-corrected chi connectivity index (χ2v) is 7.22. The van der Waals surface area contributed by atoms with Crippen molar-refractivity contribution in [1.82, 2.24) is 24.8 Å². The van der Waals surface area contributed by atoms with E-state index >= 15 is 0 Å². The minimum Gasteiger partial charge on any atom is -0.341 e. The molecule has 1 saturated heterocycles. The van der Waals surface area contributed by atoms with Crippen molar-refractivity contribution in [2.45, 2.75) is 52.1 Å². The van der Waals surface area contributed by atoms with Crippen LogP contribution in [0.1, 0.15) is 49.3 Å². The topological polar surface area (TPSA) is 71.3 Å². The van der Waals surface area contributed by atoms with Gasteiger partial charge >= 0.3 is 0 Å². The van der Waals surface area contributed by atoms with Gasteiger partial charge in [-0.1, -0.05) is 11.6 Å². The van der Waals surface area contributed by atoms with E-state index in [4.69, 9.17) is 0 Å². The van der Waals surface area contributed by atoms with E-state index in [0.717, 1.165) is 37.9 Å². The number of carbonyl (C=O) groups is 2. The fraction of sp³-hybridized carbons (Fsp3) is 0.750. The Hall–Kier alpha value is -1.57. The molecule has 0 radical (unpaired) electrons. The molecule has 24 heavy (non-hydrogen) atoms. The number of rotatable bonds is 4. The second-order valence-electron chi connectivity index (χ2n) is 6.22. The third-order valence-corrected chi connectivity index (χ3v) is 5.84. The number of amides is 2. The first kappa shape index (κ1) is 17.3. The fourth-order valence-electron chi connectivity index (χ4n) is 3.39. The standard InChI is InChI=1S/C16H25N5O2S/c1-3-19(4-2)15(22)13-10-24-11-20(13)16(23)14-12-8-6-5-7-9-21(12)18-17-14/h13H,3-11H2,1-2H3. The molecule has 8 heteroatoms. The molecule has 1 unspecified atom stereocenters. The third kappa shape index (κ3) is 3.16. The maximum Gasteiger partial charge on any atom is 0.277 e. The van der Waals surface area contributed by atoms with Crippen LogP contribution in [0, 0.1) is 0 Å². The Balaban J connectivity index is 1.81. The third-order valence-electron chi connectivity index (χ3n) is 4.83. The smallest absolute Gasteiger partial charge is 0.277 e. The van der Waals surface area contributed by atoms with Crippen LogP contribution in [-0.4, -0.2) is 67.4 Å². The molecule has 1 aromatic heterocycles. The zero-order chi connectivity index (χ0) is 17.1. The van der Waals surface area contributed by atoms with E-state index in [0.29, 0.717) is 30.4 Å². The normalized spacial score (nSPS) is 20.6. The maximum atomic E-state index is 13.0. The Morgan fingerprint density at radius 3 is 2.79 bits per heavy atom. The van der Waals surface area contributed by atoms with Crippen molar-refractivity contribution in [1.29, 1.82) is 0 Å². The van der Waals surface area contributed by atoms with Crippen LogP contribution in [0.25, 0.3) is 0 Å². The van der Waals surface area contributed by atoms with Crippen molar-refractivity contribution in [2.75, 3.05) is 24.7 Å². The average molecular weight is 351 g/mol. The van der Waals surface area contributed by atoms with Crippen molar-refractivity contribution < 1.29 is 9.59 Å². The highest BCUT2D eigenvalue weighted by molar-refractivity contribution is 7.99. The van der Waals surface area contributed by atoms with Gasteiger partial charge in [0.2, 0.25) is 5.91 Å². The number of likely N-dealkylation sites (N-methyl/N-ethyl adjacent to an activating group) is 1. The average Bonchev–Trinajstić information content (AvgIpc) is 3.17. The summed E-state index contributed by atoms with van der Waals surface area (Å²) in [5.41, 5.74) is 1.38. The Morgan fingerprint density at radius 1 is 1.25 bits per heavy atom. The van der Waals surface area contributed by atoms with E-state index in [1.54, 1.807) is 21.6 Å². The molecule has 2 aliphatic heterocycles. The minimum atomic E-state index is -0.384. The molecule has 3 heterocycles. The SMILES string of the molecule is CCN(CC)C(=O)C1CSCN1C(=O)c1nnn2c1CCCCC2. The first-order valence-electron chi connectivity index (χ1n) is 8.77. The molecule has 7 nitrogen and oxygen atoms in total. The van der Waals surface area contributed by atoms with Gasteiger partial charge in [0.1, 0.15) is 6.04 Å². The molecule has 0 spiro atoms. The Kier molecular flexibility index (Phi) is 5.43. The Morgan fingerprint density at radius 2 is 2.04 bits per heavy atom. The summed E-state index contributed by atoms with van der Waals surface area (Å²) in [6.07, 6.45) is 4.13. The van der Waals surface area contributed by atoms with Gasteiger partial charge in [-0.05, 0) is 33.1 Å². The highest BCUT2D eigenvalue weighted by Crippen LogP contribution is 2.26. The Labute approximate surface area is 146 Å². The molecule has 0 aromatic carbocycles. The fourth-order valence-corrected chi connectivity index (χ4v) is 4.53. The minimum absolute atomic E-state index is 0.0385. The van der Waals surface area contributed by atoms with Gasteiger partial charge in [0.05, 0.1) is 11.6 Å². The van der Waals surface area contributed by atoms with Crippen molar-refractivity contribution >= 4 is 23.6 Å². The summed E-state index contributed by atoms with van der Waals surface area (Å²) in [5, 5.41) is 8.31. The van der Waals surface area contributed by atoms with Gasteiger partial charge < -0.3 is 9.80 Å². The van der Waals surface area contributed by atoms with E-state index in [1.165, 1.54) is 0 Å². The van der Waals surface area contributed by atoms with Gasteiger partial charge in [-0.2, -0.15) is 0 Å². The lowest BCUT2D eigenvalue weighted by Gasteiger charge is -2.28. The second kappa shape index (κ2) is 7.55. The van der Waals surface area contributed by atoms with Crippen LogP contribution in [0.3, 0.4) is 0 Å². The van der Waals surface area contributed by atoms with E-state index in [9.17, 15) is 9.59 Å². The number of hydrogen-bond acceptors (Lipinski definition) is 5. The van der Waals surface area contributed by atoms with Crippen LogP contribution < -0.4 is 0 Å². The van der Waals surface area contributed by atoms with Crippen LogP contribution in [0.4, 0.5) is 0 Å². The number of hydrogen-bond donors (Lipinski definition) is 0. The predicted molar refractivity (Wildman–Crippen MR) is 92.8 cm³/mol. The molecular formula is C16H25N5O2S. The first-order valence-corrected chi connectivity index (χ1v) is 9.92. The molecule has 0 bridgehead atoms. The van der Waals surface area contributed by atoms with Crippen LogP contribution in [0.5, 0.6) is 0 Å². The molecule has 1 atom stereocenters. The number of fused-ring (bicyclic) bond motifs is 1. The summed E-state index contributed by atoms with van der Waals surface area (Å²) in [5.74, 6) is 1.10. The van der Waals surface area contributed by atoms with Crippen molar-refractivity contribution in [2.24, 2.45) is 0 Å². The first-order chi connectivity index (χ1) is 11.7. The van der Waals surface area contributed by atoms with Crippen LogP contribution in [0.2, 0.25) is 0 Å². The summed E-state index contributed by atoms with van der Waals surface area (Å²) in [6, 6.07) is -0.384. The monoisotopic (exact) mass is 351 g/mol. The number of carbonyl (C=O) groups excluding carboxylic acids is 2. The summed E-state index contributed by atoms with van der Waals surface area (Å²) in [7, 11) is 0. The molecule has 0 aliphatic carbocycles. The van der Waals surface area contributed by atoms with Crippen molar-refractivity contribution in [3.63, 3.8) is 0 Å². The van der Waals surface area contributed by atoms with Crippen LogP contribution in [-0.2, 0) is 17.8 Å². The lowest BCUT2D eigenvalue weighted by atomic mass is 10.1. The van der Waals surface area contributed by atoms with Crippen molar-refractivity contribution in [3.05, 3.63) is 11.4 Å². The van der Waals surface area contributed by atoms with Crippen LogP contribution >= 0.6 is 11.8 Å². The summed E-state index contributed by atoms with van der Waals surface area (Å²) in [6.45, 7) is 6.09. The zero-order valence-electron chi connectivity index (χ0n) is 14.4. The Bertz CT molecular complexity index is 614. The molecule has 1 fully saturated rings.